The topological polar surface area (TPSA) is 64.6 Å². The molecule has 0 bridgehead atoms. The van der Waals surface area contributed by atoms with Crippen molar-refractivity contribution in [1.82, 2.24) is 9.97 Å². The van der Waals surface area contributed by atoms with Gasteiger partial charge in [-0.2, -0.15) is 0 Å². The lowest BCUT2D eigenvalue weighted by Gasteiger charge is -2.24. The number of pyridine rings is 2. The Hall–Kier alpha value is -2.54. The number of carbonyl (C=O) groups is 1. The predicted octanol–water partition coefficient (Wildman–Crippen LogP) is 4.00. The molecule has 138 valence electrons. The van der Waals surface area contributed by atoms with Gasteiger partial charge in [-0.05, 0) is 36.8 Å². The summed E-state index contributed by atoms with van der Waals surface area (Å²) in [6, 6.07) is 14.7. The molecular formula is C20H18ClN3O3. The van der Waals surface area contributed by atoms with Crippen molar-refractivity contribution in [3.8, 4) is 0 Å². The molecule has 0 saturated heterocycles. The van der Waals surface area contributed by atoms with Crippen molar-refractivity contribution in [2.24, 2.45) is 0 Å². The number of ether oxygens (including phenoxy) is 2. The number of rotatable bonds is 6. The van der Waals surface area contributed by atoms with Gasteiger partial charge in [0.2, 0.25) is 0 Å². The lowest BCUT2D eigenvalue weighted by atomic mass is 10.1. The third-order valence-corrected chi connectivity index (χ3v) is 4.64. The molecule has 1 unspecified atom stereocenters. The first-order chi connectivity index (χ1) is 13.2. The van der Waals surface area contributed by atoms with Crippen molar-refractivity contribution in [1.29, 1.82) is 0 Å². The Bertz CT molecular complexity index is 995. The van der Waals surface area contributed by atoms with Crippen molar-refractivity contribution < 1.29 is 14.3 Å². The van der Waals surface area contributed by atoms with Crippen LogP contribution in [0.4, 0.5) is 5.82 Å². The van der Waals surface area contributed by atoms with Crippen molar-refractivity contribution in [2.75, 3.05) is 25.2 Å². The van der Waals surface area contributed by atoms with Crippen LogP contribution in [0.15, 0.2) is 48.5 Å². The first kappa shape index (κ1) is 17.9. The maximum absolute atomic E-state index is 13.0. The first-order valence-electron chi connectivity index (χ1n) is 8.65. The Kier molecular flexibility index (Phi) is 5.03. The molecule has 4 rings (SSSR count). The van der Waals surface area contributed by atoms with E-state index >= 15 is 0 Å². The summed E-state index contributed by atoms with van der Waals surface area (Å²) in [6.07, 6.45) is 0.203. The number of hydrogen-bond donors (Lipinski definition) is 0. The third-order valence-electron chi connectivity index (χ3n) is 4.43. The second-order valence-electron chi connectivity index (χ2n) is 6.18. The highest BCUT2D eigenvalue weighted by Gasteiger charge is 2.39. The summed E-state index contributed by atoms with van der Waals surface area (Å²) in [6.45, 7) is 1.06. The number of methoxy groups -OCH3 is 1. The molecule has 6 nitrogen and oxygen atoms in total. The maximum Gasteiger partial charge on any atom is 0.262 e. The standard InChI is InChI=1S/C20H18ClN3O3/c1-26-11-4-12-27-20-15-6-3-2-5-14(15)19(25)24(20)17-10-8-13-7-9-16(21)22-18(13)23-17/h2-3,5-10,20H,4,11-12H2,1H3. The third kappa shape index (κ3) is 3.39. The summed E-state index contributed by atoms with van der Waals surface area (Å²) >= 11 is 5.99. The van der Waals surface area contributed by atoms with Crippen LogP contribution in [-0.2, 0) is 9.47 Å². The summed E-state index contributed by atoms with van der Waals surface area (Å²) in [5.74, 6) is 0.339. The first-order valence-corrected chi connectivity index (χ1v) is 9.03. The van der Waals surface area contributed by atoms with Gasteiger partial charge in [-0.15, -0.1) is 0 Å². The van der Waals surface area contributed by atoms with E-state index in [1.165, 1.54) is 0 Å². The predicted molar refractivity (Wildman–Crippen MR) is 103 cm³/mol. The minimum absolute atomic E-state index is 0.142. The van der Waals surface area contributed by atoms with E-state index < -0.39 is 6.23 Å². The van der Waals surface area contributed by atoms with E-state index in [1.54, 1.807) is 30.2 Å². The average molecular weight is 384 g/mol. The molecule has 1 aromatic carbocycles. The number of anilines is 1. The van der Waals surface area contributed by atoms with Gasteiger partial charge in [0.25, 0.3) is 5.91 Å². The second kappa shape index (κ2) is 7.60. The molecule has 7 heteroatoms. The van der Waals surface area contributed by atoms with Crippen LogP contribution >= 0.6 is 11.6 Å². The zero-order chi connectivity index (χ0) is 18.8. The zero-order valence-electron chi connectivity index (χ0n) is 14.8. The van der Waals surface area contributed by atoms with Gasteiger partial charge in [-0.3, -0.25) is 9.69 Å². The van der Waals surface area contributed by atoms with Crippen LogP contribution in [0.3, 0.4) is 0 Å². The zero-order valence-corrected chi connectivity index (χ0v) is 15.5. The lowest BCUT2D eigenvalue weighted by molar-refractivity contribution is 0.0397. The van der Waals surface area contributed by atoms with E-state index in [0.717, 1.165) is 17.4 Å². The highest BCUT2D eigenvalue weighted by atomic mass is 35.5. The SMILES string of the molecule is COCCCOC1c2ccccc2C(=O)N1c1ccc2ccc(Cl)nc2n1. The fourth-order valence-electron chi connectivity index (χ4n) is 3.17. The number of carbonyl (C=O) groups excluding carboxylic acids is 1. The minimum Gasteiger partial charge on any atom is -0.385 e. The van der Waals surface area contributed by atoms with Gasteiger partial charge in [-0.1, -0.05) is 29.8 Å². The summed E-state index contributed by atoms with van der Waals surface area (Å²) in [5.41, 5.74) is 1.94. The van der Waals surface area contributed by atoms with Crippen LogP contribution in [0.5, 0.6) is 0 Å². The lowest BCUT2D eigenvalue weighted by Crippen LogP contribution is -2.30. The van der Waals surface area contributed by atoms with Gasteiger partial charge in [0, 0.05) is 30.2 Å². The van der Waals surface area contributed by atoms with E-state index in [1.807, 2.05) is 30.3 Å². The fourth-order valence-corrected chi connectivity index (χ4v) is 3.31. The Morgan fingerprint density at radius 2 is 1.89 bits per heavy atom. The Labute approximate surface area is 161 Å². The van der Waals surface area contributed by atoms with Crippen molar-refractivity contribution >= 4 is 34.4 Å². The van der Waals surface area contributed by atoms with E-state index in [4.69, 9.17) is 21.1 Å². The number of halogens is 1. The minimum atomic E-state index is -0.533. The Morgan fingerprint density at radius 3 is 2.74 bits per heavy atom. The molecule has 0 fully saturated rings. The van der Waals surface area contributed by atoms with E-state index in [2.05, 4.69) is 9.97 Å². The van der Waals surface area contributed by atoms with Gasteiger partial charge >= 0.3 is 0 Å². The van der Waals surface area contributed by atoms with Crippen LogP contribution in [-0.4, -0.2) is 36.2 Å². The van der Waals surface area contributed by atoms with Crippen LogP contribution < -0.4 is 4.90 Å². The molecule has 3 aromatic rings. The van der Waals surface area contributed by atoms with Crippen molar-refractivity contribution in [2.45, 2.75) is 12.6 Å². The quantitative estimate of drug-likeness (QED) is 0.475. The second-order valence-corrected chi connectivity index (χ2v) is 6.57. The number of amides is 1. The molecule has 3 heterocycles. The largest absolute Gasteiger partial charge is 0.385 e. The molecule has 1 aliphatic rings. The van der Waals surface area contributed by atoms with Gasteiger partial charge < -0.3 is 9.47 Å². The van der Waals surface area contributed by atoms with Crippen molar-refractivity contribution in [3.63, 3.8) is 0 Å². The fraction of sp³-hybridized carbons (Fsp3) is 0.250. The normalized spacial score (nSPS) is 16.1. The molecule has 0 aliphatic carbocycles. The maximum atomic E-state index is 13.0. The molecule has 2 aromatic heterocycles. The number of nitrogens with zero attached hydrogens (tertiary/aromatic N) is 3. The van der Waals surface area contributed by atoms with Crippen molar-refractivity contribution in [3.05, 3.63) is 64.8 Å². The molecule has 0 saturated carbocycles. The van der Waals surface area contributed by atoms with Crippen LogP contribution in [0.1, 0.15) is 28.6 Å². The smallest absolute Gasteiger partial charge is 0.262 e. The number of aromatic nitrogens is 2. The van der Waals surface area contributed by atoms with E-state index in [0.29, 0.717) is 35.4 Å². The van der Waals surface area contributed by atoms with Crippen LogP contribution in [0, 0.1) is 0 Å². The van der Waals surface area contributed by atoms with Gasteiger partial charge in [0.15, 0.2) is 11.9 Å². The van der Waals surface area contributed by atoms with Crippen LogP contribution in [0.25, 0.3) is 11.0 Å². The molecule has 0 radical (unpaired) electrons. The average Bonchev–Trinajstić information content (AvgIpc) is 2.97. The van der Waals surface area contributed by atoms with Crippen LogP contribution in [0.2, 0.25) is 5.15 Å². The highest BCUT2D eigenvalue weighted by Crippen LogP contribution is 2.37. The number of hydrogen-bond acceptors (Lipinski definition) is 5. The van der Waals surface area contributed by atoms with E-state index in [-0.39, 0.29) is 5.91 Å². The molecular weight excluding hydrogens is 366 g/mol. The number of benzene rings is 1. The van der Waals surface area contributed by atoms with E-state index in [9.17, 15) is 4.79 Å². The Morgan fingerprint density at radius 1 is 1.07 bits per heavy atom. The molecule has 0 spiro atoms. The summed E-state index contributed by atoms with van der Waals surface area (Å²) in [4.78, 5) is 23.4. The summed E-state index contributed by atoms with van der Waals surface area (Å²) < 4.78 is 11.1. The van der Waals surface area contributed by atoms with Gasteiger partial charge in [0.05, 0.1) is 6.61 Å². The Balaban J connectivity index is 1.71. The van der Waals surface area contributed by atoms with Gasteiger partial charge in [0.1, 0.15) is 11.0 Å². The summed E-state index contributed by atoms with van der Waals surface area (Å²) in [5, 5.41) is 1.21. The molecule has 1 atom stereocenters. The summed E-state index contributed by atoms with van der Waals surface area (Å²) in [7, 11) is 1.65. The van der Waals surface area contributed by atoms with Gasteiger partial charge in [-0.25, -0.2) is 9.97 Å². The molecule has 1 aliphatic heterocycles. The monoisotopic (exact) mass is 383 g/mol. The highest BCUT2D eigenvalue weighted by molar-refractivity contribution is 6.29. The molecule has 27 heavy (non-hydrogen) atoms. The number of fused-ring (bicyclic) bond motifs is 2. The molecule has 1 amide bonds. The molecule has 0 N–H and O–H groups in total.